The first-order valence-corrected chi connectivity index (χ1v) is 6.73. The van der Waals surface area contributed by atoms with Crippen molar-refractivity contribution in [3.63, 3.8) is 0 Å². The van der Waals surface area contributed by atoms with Gasteiger partial charge in [-0.3, -0.25) is 4.79 Å². The molecule has 3 rings (SSSR count). The molecule has 0 unspecified atom stereocenters. The second-order valence-corrected chi connectivity index (χ2v) is 4.93. The number of ketones is 1. The molecule has 5 heteroatoms. The summed E-state index contributed by atoms with van der Waals surface area (Å²) in [5.41, 5.74) is 0.520. The van der Waals surface area contributed by atoms with E-state index < -0.39 is 0 Å². The van der Waals surface area contributed by atoms with Gasteiger partial charge in [0.2, 0.25) is 5.78 Å². The summed E-state index contributed by atoms with van der Waals surface area (Å²) in [5.74, 6) is 1.39. The summed E-state index contributed by atoms with van der Waals surface area (Å²) in [4.78, 5) is 12.2. The van der Waals surface area contributed by atoms with Crippen molar-refractivity contribution in [2.75, 3.05) is 13.2 Å². The molecular formula is C14H11BrO4. The van der Waals surface area contributed by atoms with Crippen LogP contribution >= 0.6 is 15.9 Å². The SMILES string of the molecule is O=C(c1ccc2c(c1)OCCCO2)c1ccc(Br)o1. The van der Waals surface area contributed by atoms with Crippen molar-refractivity contribution < 1.29 is 18.7 Å². The second-order valence-electron chi connectivity index (χ2n) is 4.14. The van der Waals surface area contributed by atoms with E-state index in [1.165, 1.54) is 0 Å². The molecule has 2 aromatic rings. The topological polar surface area (TPSA) is 48.7 Å². The molecule has 0 amide bonds. The summed E-state index contributed by atoms with van der Waals surface area (Å²) in [7, 11) is 0. The second kappa shape index (κ2) is 5.09. The molecule has 1 aromatic heterocycles. The number of ether oxygens (including phenoxy) is 2. The van der Waals surface area contributed by atoms with E-state index >= 15 is 0 Å². The van der Waals surface area contributed by atoms with Gasteiger partial charge in [0.1, 0.15) is 0 Å². The predicted molar refractivity (Wildman–Crippen MR) is 71.9 cm³/mol. The lowest BCUT2D eigenvalue weighted by molar-refractivity contribution is 0.101. The van der Waals surface area contributed by atoms with E-state index in [-0.39, 0.29) is 5.78 Å². The zero-order chi connectivity index (χ0) is 13.2. The number of carbonyl (C=O) groups is 1. The minimum Gasteiger partial charge on any atom is -0.490 e. The van der Waals surface area contributed by atoms with Gasteiger partial charge >= 0.3 is 0 Å². The Morgan fingerprint density at radius 3 is 2.58 bits per heavy atom. The van der Waals surface area contributed by atoms with Gasteiger partial charge in [-0.2, -0.15) is 0 Å². The third kappa shape index (κ3) is 2.51. The lowest BCUT2D eigenvalue weighted by Crippen LogP contribution is -2.01. The van der Waals surface area contributed by atoms with Crippen LogP contribution in [0.15, 0.2) is 39.4 Å². The Bertz CT molecular complexity index is 618. The van der Waals surface area contributed by atoms with Gasteiger partial charge in [-0.15, -0.1) is 0 Å². The van der Waals surface area contributed by atoms with Gasteiger partial charge in [-0.05, 0) is 46.3 Å². The average Bonchev–Trinajstić information content (AvgIpc) is 2.72. The molecule has 19 heavy (non-hydrogen) atoms. The summed E-state index contributed by atoms with van der Waals surface area (Å²) >= 11 is 3.18. The quantitative estimate of drug-likeness (QED) is 0.795. The van der Waals surface area contributed by atoms with Crippen LogP contribution < -0.4 is 9.47 Å². The van der Waals surface area contributed by atoms with E-state index in [1.54, 1.807) is 30.3 Å². The first kappa shape index (κ1) is 12.3. The molecule has 0 spiro atoms. The van der Waals surface area contributed by atoms with Crippen LogP contribution in [-0.4, -0.2) is 19.0 Å². The summed E-state index contributed by atoms with van der Waals surface area (Å²) < 4.78 is 16.9. The Kier molecular flexibility index (Phi) is 3.29. The highest BCUT2D eigenvalue weighted by Crippen LogP contribution is 2.31. The number of halogens is 1. The molecule has 1 aromatic carbocycles. The minimum absolute atomic E-state index is 0.179. The predicted octanol–water partition coefficient (Wildman–Crippen LogP) is 3.43. The van der Waals surface area contributed by atoms with Crippen molar-refractivity contribution in [3.05, 3.63) is 46.3 Å². The third-order valence-corrected chi connectivity index (χ3v) is 3.23. The maximum Gasteiger partial charge on any atom is 0.228 e. The molecule has 0 aliphatic carbocycles. The summed E-state index contributed by atoms with van der Waals surface area (Å²) in [6.45, 7) is 1.22. The molecule has 1 aliphatic heterocycles. The van der Waals surface area contributed by atoms with Gasteiger partial charge in [0.15, 0.2) is 21.9 Å². The summed E-state index contributed by atoms with van der Waals surface area (Å²) in [6, 6.07) is 8.49. The zero-order valence-electron chi connectivity index (χ0n) is 10.0. The first-order chi connectivity index (χ1) is 9.24. The number of fused-ring (bicyclic) bond motifs is 1. The van der Waals surface area contributed by atoms with Gasteiger partial charge in [0.05, 0.1) is 13.2 Å². The van der Waals surface area contributed by atoms with Crippen LogP contribution in [0.1, 0.15) is 22.5 Å². The fourth-order valence-corrected chi connectivity index (χ4v) is 2.19. The van der Waals surface area contributed by atoms with Gasteiger partial charge in [-0.25, -0.2) is 0 Å². The van der Waals surface area contributed by atoms with Crippen molar-refractivity contribution >= 4 is 21.7 Å². The van der Waals surface area contributed by atoms with E-state index in [1.807, 2.05) is 0 Å². The fourth-order valence-electron chi connectivity index (χ4n) is 1.88. The van der Waals surface area contributed by atoms with Gasteiger partial charge in [0.25, 0.3) is 0 Å². The fraction of sp³-hybridized carbons (Fsp3) is 0.214. The highest BCUT2D eigenvalue weighted by Gasteiger charge is 2.17. The van der Waals surface area contributed by atoms with Crippen LogP contribution in [0, 0.1) is 0 Å². The van der Waals surface area contributed by atoms with Crippen molar-refractivity contribution in [2.45, 2.75) is 6.42 Å². The van der Waals surface area contributed by atoms with Crippen molar-refractivity contribution in [2.24, 2.45) is 0 Å². The number of carbonyl (C=O) groups excluding carboxylic acids is 1. The third-order valence-electron chi connectivity index (χ3n) is 2.81. The highest BCUT2D eigenvalue weighted by molar-refractivity contribution is 9.10. The van der Waals surface area contributed by atoms with Crippen molar-refractivity contribution in [1.29, 1.82) is 0 Å². The maximum atomic E-state index is 12.2. The smallest absolute Gasteiger partial charge is 0.228 e. The molecular weight excluding hydrogens is 312 g/mol. The van der Waals surface area contributed by atoms with Crippen LogP contribution in [0.25, 0.3) is 0 Å². The van der Waals surface area contributed by atoms with Crippen molar-refractivity contribution in [1.82, 2.24) is 0 Å². The summed E-state index contributed by atoms with van der Waals surface area (Å²) in [6.07, 6.45) is 0.836. The molecule has 0 bridgehead atoms. The minimum atomic E-state index is -0.179. The van der Waals surface area contributed by atoms with Crippen LogP contribution in [0.4, 0.5) is 0 Å². The number of hydrogen-bond acceptors (Lipinski definition) is 4. The van der Waals surface area contributed by atoms with Crippen molar-refractivity contribution in [3.8, 4) is 11.5 Å². The molecule has 4 nitrogen and oxygen atoms in total. The number of hydrogen-bond donors (Lipinski definition) is 0. The molecule has 0 atom stereocenters. The van der Waals surface area contributed by atoms with Crippen LogP contribution in [0.2, 0.25) is 0 Å². The first-order valence-electron chi connectivity index (χ1n) is 5.94. The van der Waals surface area contributed by atoms with Crippen LogP contribution in [-0.2, 0) is 0 Å². The summed E-state index contributed by atoms with van der Waals surface area (Å²) in [5, 5.41) is 0. The number of rotatable bonds is 2. The lowest BCUT2D eigenvalue weighted by atomic mass is 10.1. The van der Waals surface area contributed by atoms with Gasteiger partial charge < -0.3 is 13.9 Å². The maximum absolute atomic E-state index is 12.2. The van der Waals surface area contributed by atoms with E-state index in [9.17, 15) is 4.79 Å². The largest absolute Gasteiger partial charge is 0.490 e. The molecule has 0 radical (unpaired) electrons. The standard InChI is InChI=1S/C14H11BrO4/c15-13-5-4-11(19-13)14(16)9-2-3-10-12(8-9)18-7-1-6-17-10/h2-5,8H,1,6-7H2. The zero-order valence-corrected chi connectivity index (χ0v) is 11.6. The molecule has 0 N–H and O–H groups in total. The van der Waals surface area contributed by atoms with Crippen LogP contribution in [0.3, 0.4) is 0 Å². The normalized spacial score (nSPS) is 13.9. The Morgan fingerprint density at radius 1 is 1.05 bits per heavy atom. The Hall–Kier alpha value is -1.75. The Morgan fingerprint density at radius 2 is 1.84 bits per heavy atom. The van der Waals surface area contributed by atoms with Gasteiger partial charge in [0, 0.05) is 12.0 Å². The van der Waals surface area contributed by atoms with E-state index in [2.05, 4.69) is 15.9 Å². The molecule has 1 aliphatic rings. The number of benzene rings is 1. The molecule has 0 fully saturated rings. The Labute approximate surface area is 118 Å². The Balaban J connectivity index is 1.93. The van der Waals surface area contributed by atoms with E-state index in [4.69, 9.17) is 13.9 Å². The highest BCUT2D eigenvalue weighted by atomic mass is 79.9. The monoisotopic (exact) mass is 322 g/mol. The van der Waals surface area contributed by atoms with Gasteiger partial charge in [-0.1, -0.05) is 0 Å². The lowest BCUT2D eigenvalue weighted by Gasteiger charge is -2.08. The van der Waals surface area contributed by atoms with E-state index in [0.29, 0.717) is 40.7 Å². The average molecular weight is 323 g/mol. The van der Waals surface area contributed by atoms with E-state index in [0.717, 1.165) is 6.42 Å². The van der Waals surface area contributed by atoms with Crippen LogP contribution in [0.5, 0.6) is 11.5 Å². The molecule has 98 valence electrons. The number of furan rings is 1. The molecule has 2 heterocycles. The molecule has 0 saturated heterocycles. The molecule has 0 saturated carbocycles.